The Hall–Kier alpha value is -2.80. The molecule has 1 saturated heterocycles. The lowest BCUT2D eigenvalue weighted by molar-refractivity contribution is -0.116. The summed E-state index contributed by atoms with van der Waals surface area (Å²) in [6.07, 6.45) is 3.23. The lowest BCUT2D eigenvalue weighted by Gasteiger charge is -2.26. The smallest absolute Gasteiger partial charge is 0.266 e. The molecule has 2 aliphatic rings. The lowest BCUT2D eigenvalue weighted by Crippen LogP contribution is -2.41. The fourth-order valence-electron chi connectivity index (χ4n) is 3.82. The van der Waals surface area contributed by atoms with Crippen LogP contribution in [0.1, 0.15) is 41.6 Å². The van der Waals surface area contributed by atoms with Gasteiger partial charge in [0.2, 0.25) is 15.9 Å². The van der Waals surface area contributed by atoms with Gasteiger partial charge in [0.1, 0.15) is 0 Å². The summed E-state index contributed by atoms with van der Waals surface area (Å²) in [7, 11) is -7.82. The molecule has 0 unspecified atom stereocenters. The van der Waals surface area contributed by atoms with Crippen molar-refractivity contribution in [2.45, 2.75) is 41.9 Å². The van der Waals surface area contributed by atoms with Crippen LogP contribution in [0.2, 0.25) is 0 Å². The van der Waals surface area contributed by atoms with Gasteiger partial charge in [-0.1, -0.05) is 12.5 Å². The Bertz CT molecular complexity index is 1300. The number of carbonyl (C=O) groups excluding carboxylic acids is 2. The molecule has 2 heterocycles. The highest BCUT2D eigenvalue weighted by atomic mass is 32.2. The van der Waals surface area contributed by atoms with E-state index in [-0.39, 0.29) is 27.7 Å². The van der Waals surface area contributed by atoms with Gasteiger partial charge in [-0.05, 0) is 61.2 Å². The molecule has 0 atom stereocenters. The molecule has 0 radical (unpaired) electrons. The van der Waals surface area contributed by atoms with Crippen molar-refractivity contribution in [1.82, 2.24) is 14.6 Å². The Morgan fingerprint density at radius 1 is 0.909 bits per heavy atom. The Morgan fingerprint density at radius 2 is 1.67 bits per heavy atom. The standard InChI is InChI=1S/C21H24N4O6S2/c26-20-10-7-15-13-17(8-9-19(15)22-20)32(28,29)24-23-21(27)16-5-4-6-18(14-16)33(30,31)25-11-2-1-3-12-25/h4-6,8-9,13-14,24H,1-3,7,10-12H2,(H,22,26)(H,23,27). The zero-order valence-electron chi connectivity index (χ0n) is 17.7. The van der Waals surface area contributed by atoms with Crippen molar-refractivity contribution in [3.05, 3.63) is 53.6 Å². The molecule has 10 nitrogen and oxygen atoms in total. The maximum absolute atomic E-state index is 12.9. The lowest BCUT2D eigenvalue weighted by atomic mass is 10.0. The van der Waals surface area contributed by atoms with Gasteiger partial charge < -0.3 is 5.32 Å². The SMILES string of the molecule is O=C1CCc2cc(S(=O)(=O)NNC(=O)c3cccc(S(=O)(=O)N4CCCCC4)c3)ccc2N1. The summed E-state index contributed by atoms with van der Waals surface area (Å²) < 4.78 is 52.4. The Balaban J connectivity index is 1.47. The molecule has 0 saturated carbocycles. The Labute approximate surface area is 192 Å². The predicted molar refractivity (Wildman–Crippen MR) is 120 cm³/mol. The number of piperidine rings is 1. The van der Waals surface area contributed by atoms with Gasteiger partial charge in [-0.15, -0.1) is 4.83 Å². The van der Waals surface area contributed by atoms with Crippen molar-refractivity contribution in [1.29, 1.82) is 0 Å². The van der Waals surface area contributed by atoms with Crippen LogP contribution < -0.4 is 15.6 Å². The quantitative estimate of drug-likeness (QED) is 0.520. The van der Waals surface area contributed by atoms with Crippen molar-refractivity contribution < 1.29 is 26.4 Å². The van der Waals surface area contributed by atoms with Crippen LogP contribution in [0.3, 0.4) is 0 Å². The van der Waals surface area contributed by atoms with E-state index in [2.05, 4.69) is 10.7 Å². The third-order valence-corrected chi connectivity index (χ3v) is 8.77. The third-order valence-electron chi connectivity index (χ3n) is 5.63. The maximum Gasteiger partial charge on any atom is 0.266 e. The average molecular weight is 493 g/mol. The predicted octanol–water partition coefficient (Wildman–Crippen LogP) is 1.37. The maximum atomic E-state index is 12.9. The first kappa shape index (κ1) is 23.4. The minimum atomic E-state index is -4.09. The number of nitrogens with one attached hydrogen (secondary N) is 3. The fraction of sp³-hybridized carbons (Fsp3) is 0.333. The zero-order valence-corrected chi connectivity index (χ0v) is 19.3. The van der Waals surface area contributed by atoms with Crippen molar-refractivity contribution >= 4 is 37.5 Å². The van der Waals surface area contributed by atoms with E-state index in [1.165, 1.54) is 46.8 Å². The summed E-state index contributed by atoms with van der Waals surface area (Å²) in [5.41, 5.74) is 3.37. The van der Waals surface area contributed by atoms with Gasteiger partial charge in [-0.25, -0.2) is 16.8 Å². The number of nitrogens with zero attached hydrogens (tertiary/aromatic N) is 1. The van der Waals surface area contributed by atoms with E-state index in [0.29, 0.717) is 30.8 Å². The topological polar surface area (TPSA) is 142 Å². The van der Waals surface area contributed by atoms with Crippen LogP contribution in [-0.4, -0.2) is 46.0 Å². The summed E-state index contributed by atoms with van der Waals surface area (Å²) in [4.78, 5) is 26.0. The second kappa shape index (κ2) is 9.21. The molecule has 2 aromatic rings. The first-order chi connectivity index (χ1) is 15.7. The first-order valence-corrected chi connectivity index (χ1v) is 13.4. The highest BCUT2D eigenvalue weighted by Crippen LogP contribution is 2.25. The molecule has 2 aliphatic heterocycles. The number of anilines is 1. The molecular formula is C21H24N4O6S2. The molecule has 2 aromatic carbocycles. The minimum Gasteiger partial charge on any atom is -0.326 e. The first-order valence-electron chi connectivity index (χ1n) is 10.5. The van der Waals surface area contributed by atoms with Gasteiger partial charge in [0.25, 0.3) is 15.9 Å². The molecule has 0 spiro atoms. The number of carbonyl (C=O) groups is 2. The highest BCUT2D eigenvalue weighted by molar-refractivity contribution is 7.89. The van der Waals surface area contributed by atoms with Gasteiger partial charge >= 0.3 is 0 Å². The minimum absolute atomic E-state index is 0.00365. The zero-order chi connectivity index (χ0) is 23.6. The summed E-state index contributed by atoms with van der Waals surface area (Å²) in [6, 6.07) is 9.75. The summed E-state index contributed by atoms with van der Waals surface area (Å²) >= 11 is 0. The van der Waals surface area contributed by atoms with E-state index in [4.69, 9.17) is 0 Å². The van der Waals surface area contributed by atoms with Gasteiger partial charge in [-0.3, -0.25) is 15.0 Å². The van der Waals surface area contributed by atoms with Crippen LogP contribution >= 0.6 is 0 Å². The van der Waals surface area contributed by atoms with Crippen LogP contribution in [0.15, 0.2) is 52.3 Å². The van der Waals surface area contributed by atoms with E-state index in [9.17, 15) is 26.4 Å². The number of sulfonamides is 2. The van der Waals surface area contributed by atoms with Gasteiger partial charge in [-0.2, -0.15) is 4.31 Å². The fourth-order valence-corrected chi connectivity index (χ4v) is 6.28. The monoisotopic (exact) mass is 492 g/mol. The van der Waals surface area contributed by atoms with Gasteiger partial charge in [0.15, 0.2) is 0 Å². The number of hydrazine groups is 1. The molecule has 12 heteroatoms. The van der Waals surface area contributed by atoms with Crippen molar-refractivity contribution in [2.75, 3.05) is 18.4 Å². The second-order valence-electron chi connectivity index (χ2n) is 7.92. The van der Waals surface area contributed by atoms with E-state index >= 15 is 0 Å². The third kappa shape index (κ3) is 5.08. The molecular weight excluding hydrogens is 468 g/mol. The molecule has 0 aromatic heterocycles. The summed E-state index contributed by atoms with van der Waals surface area (Å²) in [5.74, 6) is -0.924. The molecule has 33 heavy (non-hydrogen) atoms. The summed E-state index contributed by atoms with van der Waals surface area (Å²) in [5, 5.41) is 2.67. The van der Waals surface area contributed by atoms with E-state index in [1.54, 1.807) is 0 Å². The number of hydrogen-bond acceptors (Lipinski definition) is 6. The normalized spacial score (nSPS) is 17.2. The van der Waals surface area contributed by atoms with E-state index in [1.807, 2.05) is 4.83 Å². The second-order valence-corrected chi connectivity index (χ2v) is 11.5. The molecule has 0 aliphatic carbocycles. The van der Waals surface area contributed by atoms with Crippen LogP contribution in [0.25, 0.3) is 0 Å². The number of aryl methyl sites for hydroxylation is 1. The van der Waals surface area contributed by atoms with Crippen LogP contribution in [0, 0.1) is 0 Å². The van der Waals surface area contributed by atoms with Crippen molar-refractivity contribution in [3.8, 4) is 0 Å². The molecule has 176 valence electrons. The van der Waals surface area contributed by atoms with E-state index < -0.39 is 26.0 Å². The molecule has 4 rings (SSSR count). The van der Waals surface area contributed by atoms with Crippen molar-refractivity contribution in [3.63, 3.8) is 0 Å². The average Bonchev–Trinajstić information content (AvgIpc) is 2.82. The highest BCUT2D eigenvalue weighted by Gasteiger charge is 2.27. The van der Waals surface area contributed by atoms with Crippen LogP contribution in [0.4, 0.5) is 5.69 Å². The molecule has 2 amide bonds. The number of fused-ring (bicyclic) bond motifs is 1. The van der Waals surface area contributed by atoms with Crippen LogP contribution in [0.5, 0.6) is 0 Å². The largest absolute Gasteiger partial charge is 0.326 e. The number of hydrogen-bond donors (Lipinski definition) is 3. The van der Waals surface area contributed by atoms with Crippen molar-refractivity contribution in [2.24, 2.45) is 0 Å². The Morgan fingerprint density at radius 3 is 2.42 bits per heavy atom. The van der Waals surface area contributed by atoms with Gasteiger partial charge in [0.05, 0.1) is 9.79 Å². The Kier molecular flexibility index (Phi) is 6.52. The number of rotatable bonds is 6. The number of benzene rings is 2. The molecule has 1 fully saturated rings. The van der Waals surface area contributed by atoms with E-state index in [0.717, 1.165) is 19.3 Å². The van der Waals surface area contributed by atoms with Crippen LogP contribution in [-0.2, 0) is 31.3 Å². The summed E-state index contributed by atoms with van der Waals surface area (Å²) in [6.45, 7) is 0.867. The molecule has 3 N–H and O–H groups in total. The number of amides is 2. The van der Waals surface area contributed by atoms with Gasteiger partial charge in [0, 0.05) is 30.8 Å². The molecule has 0 bridgehead atoms.